The molecule has 1 unspecified atom stereocenters. The van der Waals surface area contributed by atoms with Crippen LogP contribution in [0.4, 0.5) is 11.4 Å². The van der Waals surface area contributed by atoms with E-state index in [2.05, 4.69) is 10.0 Å². The Hall–Kier alpha value is -3.03. The predicted molar refractivity (Wildman–Crippen MR) is 128 cm³/mol. The van der Waals surface area contributed by atoms with E-state index in [1.807, 2.05) is 39.0 Å². The molecule has 0 aliphatic rings. The average molecular weight is 473 g/mol. The van der Waals surface area contributed by atoms with Gasteiger partial charge in [-0.3, -0.25) is 9.52 Å². The summed E-state index contributed by atoms with van der Waals surface area (Å²) in [7, 11) is -3.79. The molecule has 1 atom stereocenters. The van der Waals surface area contributed by atoms with E-state index in [1.54, 1.807) is 18.2 Å². The molecule has 32 heavy (non-hydrogen) atoms. The van der Waals surface area contributed by atoms with Crippen LogP contribution in [0.1, 0.15) is 24.5 Å². The molecular weight excluding hydrogens is 448 g/mol. The number of anilines is 2. The Morgan fingerprint density at radius 2 is 1.72 bits per heavy atom. The Balaban J connectivity index is 1.68. The molecule has 0 aliphatic carbocycles. The fourth-order valence-corrected chi connectivity index (χ4v) is 4.26. The number of benzene rings is 3. The van der Waals surface area contributed by atoms with Crippen LogP contribution in [0.15, 0.2) is 71.6 Å². The molecule has 0 aromatic heterocycles. The Morgan fingerprint density at radius 1 is 1.00 bits per heavy atom. The van der Waals surface area contributed by atoms with Crippen molar-refractivity contribution in [3.05, 3.63) is 82.9 Å². The molecule has 6 nitrogen and oxygen atoms in total. The summed E-state index contributed by atoms with van der Waals surface area (Å²) < 4.78 is 33.6. The van der Waals surface area contributed by atoms with Gasteiger partial charge in [-0.25, -0.2) is 8.42 Å². The third-order valence-corrected chi connectivity index (χ3v) is 6.42. The van der Waals surface area contributed by atoms with Gasteiger partial charge in [0.2, 0.25) is 0 Å². The van der Waals surface area contributed by atoms with Crippen molar-refractivity contribution >= 4 is 38.9 Å². The number of sulfonamides is 1. The van der Waals surface area contributed by atoms with Crippen molar-refractivity contribution in [3.63, 3.8) is 0 Å². The number of hydrogen-bond donors (Lipinski definition) is 2. The summed E-state index contributed by atoms with van der Waals surface area (Å²) in [5.74, 6) is 0.363. The largest absolute Gasteiger partial charge is 0.480 e. The molecule has 0 heterocycles. The molecule has 0 bridgehead atoms. The van der Waals surface area contributed by atoms with Crippen molar-refractivity contribution < 1.29 is 17.9 Å². The number of nitrogens with one attached hydrogen (secondary N) is 2. The molecule has 3 aromatic rings. The molecular formula is C24H25ClN2O4S. The van der Waals surface area contributed by atoms with Crippen molar-refractivity contribution in [1.29, 1.82) is 0 Å². The minimum atomic E-state index is -3.79. The normalized spacial score (nSPS) is 12.1. The number of carbonyl (C=O) groups excluding carboxylic acids is 1. The zero-order chi connectivity index (χ0) is 23.3. The summed E-state index contributed by atoms with van der Waals surface area (Å²) >= 11 is 5.91. The van der Waals surface area contributed by atoms with Gasteiger partial charge in [0, 0.05) is 10.7 Å². The Bertz CT molecular complexity index is 1210. The lowest BCUT2D eigenvalue weighted by atomic mass is 10.1. The number of ether oxygens (including phenoxy) is 1. The Morgan fingerprint density at radius 3 is 2.38 bits per heavy atom. The van der Waals surface area contributed by atoms with Gasteiger partial charge in [0.05, 0.1) is 10.6 Å². The summed E-state index contributed by atoms with van der Waals surface area (Å²) in [6.07, 6.45) is -0.196. The highest BCUT2D eigenvalue weighted by molar-refractivity contribution is 7.92. The first-order valence-corrected chi connectivity index (χ1v) is 12.0. The van der Waals surface area contributed by atoms with Gasteiger partial charge in [0.15, 0.2) is 6.10 Å². The first kappa shape index (κ1) is 23.6. The molecule has 0 radical (unpaired) electrons. The van der Waals surface area contributed by atoms with E-state index in [9.17, 15) is 13.2 Å². The van der Waals surface area contributed by atoms with Gasteiger partial charge in [0.25, 0.3) is 15.9 Å². The number of carbonyl (C=O) groups is 1. The molecule has 8 heteroatoms. The molecule has 0 aliphatic heterocycles. The fraction of sp³-hybridized carbons (Fsp3) is 0.208. The maximum atomic E-state index is 12.7. The van der Waals surface area contributed by atoms with Gasteiger partial charge in [-0.15, -0.1) is 0 Å². The third-order valence-electron chi connectivity index (χ3n) is 4.79. The molecule has 3 aromatic carbocycles. The van der Waals surface area contributed by atoms with Crippen LogP contribution in [0.2, 0.25) is 5.02 Å². The minimum Gasteiger partial charge on any atom is -0.480 e. The highest BCUT2D eigenvalue weighted by Crippen LogP contribution is 2.23. The van der Waals surface area contributed by atoms with Crippen LogP contribution in [0.25, 0.3) is 0 Å². The summed E-state index contributed by atoms with van der Waals surface area (Å²) in [6, 6.07) is 18.2. The zero-order valence-electron chi connectivity index (χ0n) is 18.1. The van der Waals surface area contributed by atoms with Gasteiger partial charge in [-0.05, 0) is 79.9 Å². The number of aryl methyl sites for hydroxylation is 2. The molecule has 0 spiro atoms. The van der Waals surface area contributed by atoms with Crippen LogP contribution in [-0.2, 0) is 14.8 Å². The second-order valence-corrected chi connectivity index (χ2v) is 9.53. The molecule has 2 N–H and O–H groups in total. The number of halogens is 1. The monoisotopic (exact) mass is 472 g/mol. The highest BCUT2D eigenvalue weighted by atomic mass is 35.5. The molecule has 0 saturated heterocycles. The van der Waals surface area contributed by atoms with Crippen LogP contribution >= 0.6 is 11.6 Å². The first-order valence-electron chi connectivity index (χ1n) is 10.1. The smallest absolute Gasteiger partial charge is 0.265 e. The van der Waals surface area contributed by atoms with Crippen molar-refractivity contribution in [2.45, 2.75) is 38.2 Å². The predicted octanol–water partition coefficient (Wildman–Crippen LogP) is 5.55. The Labute approximate surface area is 193 Å². The summed E-state index contributed by atoms with van der Waals surface area (Å²) in [5, 5.41) is 3.21. The molecule has 0 fully saturated rings. The number of amides is 1. The van der Waals surface area contributed by atoms with Gasteiger partial charge >= 0.3 is 0 Å². The molecule has 1 amide bonds. The zero-order valence-corrected chi connectivity index (χ0v) is 19.6. The highest BCUT2D eigenvalue weighted by Gasteiger charge is 2.20. The lowest BCUT2D eigenvalue weighted by molar-refractivity contribution is -0.122. The van der Waals surface area contributed by atoms with Crippen molar-refractivity contribution in [3.8, 4) is 5.75 Å². The SMILES string of the molecule is CCC(Oc1cc(C)ccc1C)C(=O)Nc1ccc(S(=O)(=O)Nc2cccc(Cl)c2)cc1. The van der Waals surface area contributed by atoms with Crippen LogP contribution in [0, 0.1) is 13.8 Å². The van der Waals surface area contributed by atoms with E-state index in [4.69, 9.17) is 16.3 Å². The third kappa shape index (κ3) is 6.02. The van der Waals surface area contributed by atoms with Crippen LogP contribution in [0.5, 0.6) is 5.75 Å². The molecule has 168 valence electrons. The topological polar surface area (TPSA) is 84.5 Å². The standard InChI is InChI=1S/C24H25ClN2O4S/c1-4-22(31-23-14-16(2)8-9-17(23)3)24(28)26-19-10-12-21(13-11-19)32(29,30)27-20-7-5-6-18(25)15-20/h5-15,22,27H,4H2,1-3H3,(H,26,28). The van der Waals surface area contributed by atoms with Crippen LogP contribution in [0.3, 0.4) is 0 Å². The van der Waals surface area contributed by atoms with Crippen LogP contribution < -0.4 is 14.8 Å². The van der Waals surface area contributed by atoms with E-state index in [0.717, 1.165) is 11.1 Å². The molecule has 0 saturated carbocycles. The lowest BCUT2D eigenvalue weighted by Crippen LogP contribution is -2.32. The Kier molecular flexibility index (Phi) is 7.43. The second kappa shape index (κ2) is 10.1. The average Bonchev–Trinajstić information content (AvgIpc) is 2.74. The van der Waals surface area contributed by atoms with E-state index in [-0.39, 0.29) is 10.8 Å². The summed E-state index contributed by atoms with van der Waals surface area (Å²) in [5.41, 5.74) is 2.83. The first-order chi connectivity index (χ1) is 15.2. The van der Waals surface area contributed by atoms with Gasteiger partial charge < -0.3 is 10.1 Å². The van der Waals surface area contributed by atoms with E-state index >= 15 is 0 Å². The van der Waals surface area contributed by atoms with Crippen molar-refractivity contribution in [2.24, 2.45) is 0 Å². The summed E-state index contributed by atoms with van der Waals surface area (Å²) in [6.45, 7) is 5.76. The quantitative estimate of drug-likeness (QED) is 0.450. The van der Waals surface area contributed by atoms with E-state index in [0.29, 0.717) is 28.6 Å². The summed E-state index contributed by atoms with van der Waals surface area (Å²) in [4.78, 5) is 12.8. The van der Waals surface area contributed by atoms with E-state index < -0.39 is 16.1 Å². The maximum Gasteiger partial charge on any atom is 0.265 e. The number of hydrogen-bond acceptors (Lipinski definition) is 4. The van der Waals surface area contributed by atoms with Gasteiger partial charge in [0.1, 0.15) is 5.75 Å². The van der Waals surface area contributed by atoms with Gasteiger partial charge in [-0.2, -0.15) is 0 Å². The minimum absolute atomic E-state index is 0.0640. The fourth-order valence-electron chi connectivity index (χ4n) is 3.02. The lowest BCUT2D eigenvalue weighted by Gasteiger charge is -2.19. The number of rotatable bonds is 8. The van der Waals surface area contributed by atoms with Crippen molar-refractivity contribution in [2.75, 3.05) is 10.0 Å². The van der Waals surface area contributed by atoms with E-state index in [1.165, 1.54) is 30.3 Å². The maximum absolute atomic E-state index is 12.7. The van der Waals surface area contributed by atoms with Crippen LogP contribution in [-0.4, -0.2) is 20.4 Å². The molecule has 3 rings (SSSR count). The van der Waals surface area contributed by atoms with Crippen molar-refractivity contribution in [1.82, 2.24) is 0 Å². The van der Waals surface area contributed by atoms with Gasteiger partial charge in [-0.1, -0.05) is 36.7 Å². The second-order valence-electron chi connectivity index (χ2n) is 7.41.